The molecule has 0 saturated carbocycles. The van der Waals surface area contributed by atoms with Gasteiger partial charge in [-0.2, -0.15) is 0 Å². The average molecular weight is 324 g/mol. The van der Waals surface area contributed by atoms with E-state index in [1.807, 2.05) is 14.1 Å². The third-order valence-electron chi connectivity index (χ3n) is 3.70. The molecule has 1 saturated heterocycles. The highest BCUT2D eigenvalue weighted by atomic mass is 35.5. The molecule has 22 heavy (non-hydrogen) atoms. The summed E-state index contributed by atoms with van der Waals surface area (Å²) in [6.07, 6.45) is 1.85. The Morgan fingerprint density at radius 3 is 2.68 bits per heavy atom. The Balaban J connectivity index is 1.98. The van der Waals surface area contributed by atoms with Crippen molar-refractivity contribution in [3.8, 4) is 0 Å². The van der Waals surface area contributed by atoms with Crippen molar-refractivity contribution in [2.24, 2.45) is 0 Å². The van der Waals surface area contributed by atoms with Gasteiger partial charge in [0.15, 0.2) is 0 Å². The number of anilines is 1. The maximum absolute atomic E-state index is 12.3. The lowest BCUT2D eigenvalue weighted by atomic mass is 10.2. The van der Waals surface area contributed by atoms with Crippen molar-refractivity contribution in [3.63, 3.8) is 0 Å². The molecule has 1 fully saturated rings. The number of nitrogens with zero attached hydrogens (tertiary/aromatic N) is 2. The van der Waals surface area contributed by atoms with Crippen molar-refractivity contribution in [2.75, 3.05) is 32.1 Å². The Kier molecular flexibility index (Phi) is 5.80. The molecule has 1 atom stereocenters. The number of benzene rings is 1. The molecule has 120 valence electrons. The van der Waals surface area contributed by atoms with Crippen LogP contribution in [0.1, 0.15) is 19.3 Å². The Labute approximate surface area is 136 Å². The second-order valence-corrected chi connectivity index (χ2v) is 6.18. The minimum absolute atomic E-state index is 0.0178. The Morgan fingerprint density at radius 1 is 1.36 bits per heavy atom. The summed E-state index contributed by atoms with van der Waals surface area (Å²) < 4.78 is 0. The van der Waals surface area contributed by atoms with Crippen LogP contribution in [0.5, 0.6) is 0 Å². The smallest absolute Gasteiger partial charge is 0.243 e. The van der Waals surface area contributed by atoms with E-state index >= 15 is 0 Å². The molecule has 2 amide bonds. The van der Waals surface area contributed by atoms with Crippen molar-refractivity contribution < 1.29 is 9.59 Å². The van der Waals surface area contributed by atoms with E-state index < -0.39 is 6.04 Å². The third-order valence-corrected chi connectivity index (χ3v) is 3.95. The minimum Gasteiger partial charge on any atom is -0.354 e. The summed E-state index contributed by atoms with van der Waals surface area (Å²) in [5, 5.41) is 3.54. The molecule has 0 aliphatic carbocycles. The lowest BCUT2D eigenvalue weighted by molar-refractivity contribution is -0.123. The maximum Gasteiger partial charge on any atom is 0.243 e. The van der Waals surface area contributed by atoms with Crippen LogP contribution in [-0.4, -0.2) is 49.9 Å². The van der Waals surface area contributed by atoms with Gasteiger partial charge in [-0.1, -0.05) is 11.6 Å². The maximum atomic E-state index is 12.3. The van der Waals surface area contributed by atoms with E-state index in [0.29, 0.717) is 24.4 Å². The van der Waals surface area contributed by atoms with E-state index in [4.69, 9.17) is 11.6 Å². The number of hydrogen-bond acceptors (Lipinski definition) is 3. The van der Waals surface area contributed by atoms with Gasteiger partial charge in [-0.05, 0) is 57.7 Å². The molecule has 1 unspecified atom stereocenters. The number of carbonyl (C=O) groups excluding carboxylic acids is 2. The Hall–Kier alpha value is -1.59. The van der Waals surface area contributed by atoms with Crippen molar-refractivity contribution in [2.45, 2.75) is 25.3 Å². The largest absolute Gasteiger partial charge is 0.354 e. The van der Waals surface area contributed by atoms with Crippen LogP contribution < -0.4 is 10.2 Å². The van der Waals surface area contributed by atoms with Crippen LogP contribution in [0.4, 0.5) is 5.69 Å². The number of nitrogens with one attached hydrogen (secondary N) is 1. The van der Waals surface area contributed by atoms with Gasteiger partial charge in [-0.3, -0.25) is 14.5 Å². The quantitative estimate of drug-likeness (QED) is 0.814. The fourth-order valence-electron chi connectivity index (χ4n) is 2.58. The first-order valence-corrected chi connectivity index (χ1v) is 7.87. The molecule has 0 radical (unpaired) electrons. The summed E-state index contributed by atoms with van der Waals surface area (Å²) in [5.41, 5.74) is 0.723. The lowest BCUT2D eigenvalue weighted by Gasteiger charge is -2.24. The zero-order chi connectivity index (χ0) is 16.1. The average Bonchev–Trinajstić information content (AvgIpc) is 2.86. The number of hydrogen-bond donors (Lipinski definition) is 1. The third kappa shape index (κ3) is 4.21. The highest BCUT2D eigenvalue weighted by Gasteiger charge is 2.36. The summed E-state index contributed by atoms with van der Waals surface area (Å²) in [4.78, 5) is 28.1. The number of amides is 2. The SMILES string of the molecule is CN(C)CCCNC(=O)C1CCC(=O)N1c1ccc(Cl)cc1. The Bertz CT molecular complexity index is 531. The highest BCUT2D eigenvalue weighted by molar-refractivity contribution is 6.30. The molecular formula is C16H22ClN3O2. The zero-order valence-electron chi connectivity index (χ0n) is 13.0. The van der Waals surface area contributed by atoms with E-state index in [1.54, 1.807) is 29.2 Å². The van der Waals surface area contributed by atoms with Gasteiger partial charge >= 0.3 is 0 Å². The van der Waals surface area contributed by atoms with E-state index in [9.17, 15) is 9.59 Å². The normalized spacial score (nSPS) is 18.1. The second-order valence-electron chi connectivity index (χ2n) is 5.74. The number of halogens is 1. The molecule has 1 aromatic rings. The van der Waals surface area contributed by atoms with E-state index in [-0.39, 0.29) is 11.8 Å². The standard InChI is InChI=1S/C16H22ClN3O2/c1-19(2)11-3-10-18-16(22)14-8-9-15(21)20(14)13-6-4-12(17)5-7-13/h4-7,14H,3,8-11H2,1-2H3,(H,18,22). The lowest BCUT2D eigenvalue weighted by Crippen LogP contribution is -2.45. The van der Waals surface area contributed by atoms with E-state index in [2.05, 4.69) is 10.2 Å². The molecule has 5 nitrogen and oxygen atoms in total. The molecule has 1 heterocycles. The van der Waals surface area contributed by atoms with Crippen LogP contribution in [0, 0.1) is 0 Å². The van der Waals surface area contributed by atoms with Crippen LogP contribution in [0.3, 0.4) is 0 Å². The predicted molar refractivity (Wildman–Crippen MR) is 88.1 cm³/mol. The number of rotatable bonds is 6. The van der Waals surface area contributed by atoms with Crippen molar-refractivity contribution in [3.05, 3.63) is 29.3 Å². The Morgan fingerprint density at radius 2 is 2.05 bits per heavy atom. The summed E-state index contributed by atoms with van der Waals surface area (Å²) in [6, 6.07) is 6.59. The molecule has 1 aromatic carbocycles. The monoisotopic (exact) mass is 323 g/mol. The number of carbonyl (C=O) groups is 2. The summed E-state index contributed by atoms with van der Waals surface area (Å²) in [5.74, 6) is -0.102. The highest BCUT2D eigenvalue weighted by Crippen LogP contribution is 2.27. The van der Waals surface area contributed by atoms with E-state index in [0.717, 1.165) is 18.7 Å². The molecule has 1 aliphatic heterocycles. The molecule has 0 spiro atoms. The van der Waals surface area contributed by atoms with Gasteiger partial charge in [-0.15, -0.1) is 0 Å². The molecule has 1 aliphatic rings. The van der Waals surface area contributed by atoms with Gasteiger partial charge in [0.05, 0.1) is 0 Å². The summed E-state index contributed by atoms with van der Waals surface area (Å²) >= 11 is 5.88. The molecule has 0 aromatic heterocycles. The molecule has 2 rings (SSSR count). The van der Waals surface area contributed by atoms with Gasteiger partial charge in [0.2, 0.25) is 11.8 Å². The van der Waals surface area contributed by atoms with Crippen molar-refractivity contribution in [1.82, 2.24) is 10.2 Å². The van der Waals surface area contributed by atoms with Crippen LogP contribution in [-0.2, 0) is 9.59 Å². The first-order chi connectivity index (χ1) is 10.5. The van der Waals surface area contributed by atoms with Gasteiger partial charge in [0, 0.05) is 23.7 Å². The summed E-state index contributed by atoms with van der Waals surface area (Å²) in [6.45, 7) is 1.54. The van der Waals surface area contributed by atoms with Gasteiger partial charge in [0.25, 0.3) is 0 Å². The minimum atomic E-state index is -0.423. The molecular weight excluding hydrogens is 302 g/mol. The molecule has 0 bridgehead atoms. The van der Waals surface area contributed by atoms with Crippen LogP contribution in [0.2, 0.25) is 5.02 Å². The van der Waals surface area contributed by atoms with Gasteiger partial charge in [0.1, 0.15) is 6.04 Å². The van der Waals surface area contributed by atoms with Gasteiger partial charge in [-0.25, -0.2) is 0 Å². The molecule has 1 N–H and O–H groups in total. The van der Waals surface area contributed by atoms with Gasteiger partial charge < -0.3 is 10.2 Å². The predicted octanol–water partition coefficient (Wildman–Crippen LogP) is 1.90. The van der Waals surface area contributed by atoms with E-state index in [1.165, 1.54) is 0 Å². The zero-order valence-corrected chi connectivity index (χ0v) is 13.8. The fourth-order valence-corrected chi connectivity index (χ4v) is 2.71. The van der Waals surface area contributed by atoms with Crippen LogP contribution in [0.15, 0.2) is 24.3 Å². The fraction of sp³-hybridized carbons (Fsp3) is 0.500. The van der Waals surface area contributed by atoms with Crippen molar-refractivity contribution in [1.29, 1.82) is 0 Å². The second kappa shape index (κ2) is 7.61. The van der Waals surface area contributed by atoms with Crippen LogP contribution in [0.25, 0.3) is 0 Å². The van der Waals surface area contributed by atoms with Crippen molar-refractivity contribution >= 4 is 29.1 Å². The first-order valence-electron chi connectivity index (χ1n) is 7.49. The molecule has 6 heteroatoms. The first kappa shape index (κ1) is 16.8. The summed E-state index contributed by atoms with van der Waals surface area (Å²) in [7, 11) is 4.00. The van der Waals surface area contributed by atoms with Crippen LogP contribution >= 0.6 is 11.6 Å². The topological polar surface area (TPSA) is 52.7 Å².